The highest BCUT2D eigenvalue weighted by atomic mass is 35.5. The van der Waals surface area contributed by atoms with Crippen molar-refractivity contribution in [2.75, 3.05) is 20.1 Å². The molecule has 1 saturated heterocycles. The third-order valence-corrected chi connectivity index (χ3v) is 3.49. The molecule has 2 rings (SSSR count). The average molecular weight is 239 g/mol. The standard InChI is InChI=1S/C13H19ClN2/c1-15-9-13-3-2-8-16(13)10-11-4-6-12(14)7-5-11/h4-7,13,15H,2-3,8-10H2,1H3. The second-order valence-corrected chi connectivity index (χ2v) is 4.89. The van der Waals surface area contributed by atoms with Gasteiger partial charge in [0.2, 0.25) is 0 Å². The van der Waals surface area contributed by atoms with Crippen molar-refractivity contribution in [2.24, 2.45) is 0 Å². The second-order valence-electron chi connectivity index (χ2n) is 4.45. The summed E-state index contributed by atoms with van der Waals surface area (Å²) in [5.74, 6) is 0. The van der Waals surface area contributed by atoms with Gasteiger partial charge in [-0.15, -0.1) is 0 Å². The second kappa shape index (κ2) is 5.67. The maximum atomic E-state index is 5.88. The van der Waals surface area contributed by atoms with Crippen LogP contribution in [-0.2, 0) is 6.54 Å². The zero-order chi connectivity index (χ0) is 11.4. The zero-order valence-electron chi connectivity index (χ0n) is 9.75. The van der Waals surface area contributed by atoms with Gasteiger partial charge in [-0.2, -0.15) is 0 Å². The summed E-state index contributed by atoms with van der Waals surface area (Å²) >= 11 is 5.88. The Morgan fingerprint density at radius 3 is 2.81 bits per heavy atom. The summed E-state index contributed by atoms with van der Waals surface area (Å²) in [6.45, 7) is 3.35. The van der Waals surface area contributed by atoms with Crippen LogP contribution in [0.4, 0.5) is 0 Å². The molecule has 1 fully saturated rings. The van der Waals surface area contributed by atoms with Gasteiger partial charge in [-0.05, 0) is 44.1 Å². The van der Waals surface area contributed by atoms with E-state index < -0.39 is 0 Å². The van der Waals surface area contributed by atoms with E-state index in [1.54, 1.807) is 0 Å². The Morgan fingerprint density at radius 2 is 2.12 bits per heavy atom. The summed E-state index contributed by atoms with van der Waals surface area (Å²) < 4.78 is 0. The van der Waals surface area contributed by atoms with E-state index in [9.17, 15) is 0 Å². The first-order valence-corrected chi connectivity index (χ1v) is 6.30. The van der Waals surface area contributed by atoms with E-state index in [-0.39, 0.29) is 0 Å². The van der Waals surface area contributed by atoms with Gasteiger partial charge in [0.25, 0.3) is 0 Å². The summed E-state index contributed by atoms with van der Waals surface area (Å²) in [7, 11) is 2.03. The molecule has 2 nitrogen and oxygen atoms in total. The van der Waals surface area contributed by atoms with Gasteiger partial charge < -0.3 is 5.32 Å². The summed E-state index contributed by atoms with van der Waals surface area (Å²) in [6.07, 6.45) is 2.63. The Hall–Kier alpha value is -0.570. The molecule has 1 aromatic carbocycles. The van der Waals surface area contributed by atoms with Gasteiger partial charge in [0.05, 0.1) is 0 Å². The number of rotatable bonds is 4. The molecule has 16 heavy (non-hydrogen) atoms. The number of nitrogens with zero attached hydrogens (tertiary/aromatic N) is 1. The van der Waals surface area contributed by atoms with Crippen LogP contribution in [0.1, 0.15) is 18.4 Å². The van der Waals surface area contributed by atoms with Gasteiger partial charge in [0, 0.05) is 24.2 Å². The first-order valence-electron chi connectivity index (χ1n) is 5.92. The quantitative estimate of drug-likeness (QED) is 0.867. The molecular formula is C13H19ClN2. The lowest BCUT2D eigenvalue weighted by atomic mass is 10.2. The third-order valence-electron chi connectivity index (χ3n) is 3.24. The van der Waals surface area contributed by atoms with E-state index in [0.29, 0.717) is 6.04 Å². The zero-order valence-corrected chi connectivity index (χ0v) is 10.5. The van der Waals surface area contributed by atoms with E-state index in [4.69, 9.17) is 11.6 Å². The van der Waals surface area contributed by atoms with Crippen LogP contribution >= 0.6 is 11.6 Å². The number of hydrogen-bond acceptors (Lipinski definition) is 2. The molecule has 1 N–H and O–H groups in total. The molecule has 1 heterocycles. The number of likely N-dealkylation sites (N-methyl/N-ethyl adjacent to an activating group) is 1. The Bertz CT molecular complexity index is 323. The van der Waals surface area contributed by atoms with Crippen molar-refractivity contribution in [3.8, 4) is 0 Å². The number of benzene rings is 1. The Morgan fingerprint density at radius 1 is 1.38 bits per heavy atom. The first-order chi connectivity index (χ1) is 7.79. The van der Waals surface area contributed by atoms with Crippen molar-refractivity contribution >= 4 is 11.6 Å². The smallest absolute Gasteiger partial charge is 0.0406 e. The van der Waals surface area contributed by atoms with Crippen LogP contribution in [0.5, 0.6) is 0 Å². The summed E-state index contributed by atoms with van der Waals surface area (Å²) in [5, 5.41) is 4.09. The highest BCUT2D eigenvalue weighted by Crippen LogP contribution is 2.20. The molecule has 1 aromatic rings. The Labute approximate surface area is 103 Å². The summed E-state index contributed by atoms with van der Waals surface area (Å²) in [4.78, 5) is 2.56. The molecular weight excluding hydrogens is 220 g/mol. The number of likely N-dealkylation sites (tertiary alicyclic amines) is 1. The van der Waals surface area contributed by atoms with E-state index in [0.717, 1.165) is 18.1 Å². The predicted molar refractivity (Wildman–Crippen MR) is 68.8 cm³/mol. The van der Waals surface area contributed by atoms with Crippen LogP contribution in [0.15, 0.2) is 24.3 Å². The van der Waals surface area contributed by atoms with Gasteiger partial charge >= 0.3 is 0 Å². The molecule has 3 heteroatoms. The van der Waals surface area contributed by atoms with Crippen LogP contribution in [0.25, 0.3) is 0 Å². The molecule has 1 atom stereocenters. The average Bonchev–Trinajstić information content (AvgIpc) is 2.70. The molecule has 1 aliphatic heterocycles. The Kier molecular flexibility index (Phi) is 4.22. The van der Waals surface area contributed by atoms with Gasteiger partial charge in [0.15, 0.2) is 0 Å². The molecule has 88 valence electrons. The van der Waals surface area contributed by atoms with Crippen molar-refractivity contribution in [1.82, 2.24) is 10.2 Å². The van der Waals surface area contributed by atoms with Crippen LogP contribution < -0.4 is 5.32 Å². The number of hydrogen-bond donors (Lipinski definition) is 1. The monoisotopic (exact) mass is 238 g/mol. The van der Waals surface area contributed by atoms with Crippen LogP contribution in [0.3, 0.4) is 0 Å². The third kappa shape index (κ3) is 2.97. The molecule has 0 radical (unpaired) electrons. The van der Waals surface area contributed by atoms with Gasteiger partial charge in [-0.25, -0.2) is 0 Å². The van der Waals surface area contributed by atoms with Crippen molar-refractivity contribution in [3.63, 3.8) is 0 Å². The van der Waals surface area contributed by atoms with Gasteiger partial charge in [-0.1, -0.05) is 23.7 Å². The van der Waals surface area contributed by atoms with Crippen LogP contribution in [0.2, 0.25) is 5.02 Å². The van der Waals surface area contributed by atoms with E-state index in [1.807, 2.05) is 19.2 Å². The topological polar surface area (TPSA) is 15.3 Å². The van der Waals surface area contributed by atoms with Crippen LogP contribution in [0, 0.1) is 0 Å². The minimum atomic E-state index is 0.695. The highest BCUT2D eigenvalue weighted by molar-refractivity contribution is 6.30. The van der Waals surface area contributed by atoms with Gasteiger partial charge in [0.1, 0.15) is 0 Å². The maximum Gasteiger partial charge on any atom is 0.0406 e. The lowest BCUT2D eigenvalue weighted by molar-refractivity contribution is 0.242. The summed E-state index contributed by atoms with van der Waals surface area (Å²) in [6, 6.07) is 8.88. The van der Waals surface area contributed by atoms with Crippen molar-refractivity contribution in [2.45, 2.75) is 25.4 Å². The first kappa shape index (κ1) is 11.9. The van der Waals surface area contributed by atoms with Crippen molar-refractivity contribution in [1.29, 1.82) is 0 Å². The van der Waals surface area contributed by atoms with Crippen LogP contribution in [-0.4, -0.2) is 31.1 Å². The minimum absolute atomic E-state index is 0.695. The Balaban J connectivity index is 1.95. The minimum Gasteiger partial charge on any atom is -0.318 e. The molecule has 1 aliphatic rings. The van der Waals surface area contributed by atoms with Crippen molar-refractivity contribution < 1.29 is 0 Å². The van der Waals surface area contributed by atoms with Gasteiger partial charge in [-0.3, -0.25) is 4.90 Å². The molecule has 0 bridgehead atoms. The fourth-order valence-electron chi connectivity index (χ4n) is 2.39. The van der Waals surface area contributed by atoms with E-state index in [2.05, 4.69) is 22.3 Å². The fourth-order valence-corrected chi connectivity index (χ4v) is 2.52. The van der Waals surface area contributed by atoms with E-state index in [1.165, 1.54) is 24.9 Å². The highest BCUT2D eigenvalue weighted by Gasteiger charge is 2.23. The summed E-state index contributed by atoms with van der Waals surface area (Å²) in [5.41, 5.74) is 1.35. The molecule has 1 unspecified atom stereocenters. The lowest BCUT2D eigenvalue weighted by Gasteiger charge is -2.24. The lowest BCUT2D eigenvalue weighted by Crippen LogP contribution is -2.36. The molecule has 0 saturated carbocycles. The maximum absolute atomic E-state index is 5.88. The molecule has 0 aromatic heterocycles. The van der Waals surface area contributed by atoms with E-state index >= 15 is 0 Å². The number of nitrogens with one attached hydrogen (secondary N) is 1. The normalized spacial score (nSPS) is 21.5. The molecule has 0 aliphatic carbocycles. The number of halogens is 1. The van der Waals surface area contributed by atoms with Crippen molar-refractivity contribution in [3.05, 3.63) is 34.9 Å². The molecule has 0 amide bonds. The predicted octanol–water partition coefficient (Wildman–Crippen LogP) is 2.52. The fraction of sp³-hybridized carbons (Fsp3) is 0.538. The largest absolute Gasteiger partial charge is 0.318 e. The SMILES string of the molecule is CNCC1CCCN1Cc1ccc(Cl)cc1. The molecule has 0 spiro atoms.